The second-order valence-electron chi connectivity index (χ2n) is 11.6. The quantitative estimate of drug-likeness (QED) is 0.229. The molecule has 16 heteroatoms. The van der Waals surface area contributed by atoms with E-state index >= 15 is 0 Å². The van der Waals surface area contributed by atoms with Crippen molar-refractivity contribution >= 4 is 29.7 Å². The number of ketones is 1. The van der Waals surface area contributed by atoms with Crippen LogP contribution in [0.5, 0.6) is 5.88 Å². The van der Waals surface area contributed by atoms with E-state index in [1.165, 1.54) is 17.0 Å². The predicted octanol–water partition coefficient (Wildman–Crippen LogP) is 3.74. The molecular weight excluding hydrogens is 651 g/mol. The number of alkyl carbamates (subject to hydrolysis) is 1. The van der Waals surface area contributed by atoms with Crippen LogP contribution in [-0.2, 0) is 36.7 Å². The Kier molecular flexibility index (Phi) is 12.0. The van der Waals surface area contributed by atoms with Crippen LogP contribution in [0, 0.1) is 5.92 Å². The van der Waals surface area contributed by atoms with E-state index < -0.39 is 84.5 Å². The number of ether oxygens (including phenoxy) is 2. The zero-order chi connectivity index (χ0) is 35.7. The first-order valence-corrected chi connectivity index (χ1v) is 15.4. The summed E-state index contributed by atoms with van der Waals surface area (Å²) < 4.78 is 51.8. The zero-order valence-corrected chi connectivity index (χ0v) is 26.7. The molecule has 3 atom stereocenters. The van der Waals surface area contributed by atoms with Crippen LogP contribution in [0.1, 0.15) is 44.4 Å². The van der Waals surface area contributed by atoms with Gasteiger partial charge < -0.3 is 30.1 Å². The second kappa shape index (κ2) is 16.1. The molecule has 0 radical (unpaired) electrons. The Morgan fingerprint density at radius 2 is 1.65 bits per heavy atom. The molecule has 2 heterocycles. The van der Waals surface area contributed by atoms with Crippen LogP contribution in [0.2, 0.25) is 0 Å². The van der Waals surface area contributed by atoms with Crippen molar-refractivity contribution in [1.29, 1.82) is 0 Å². The number of halogens is 3. The van der Waals surface area contributed by atoms with Crippen LogP contribution in [-0.4, -0.2) is 80.7 Å². The van der Waals surface area contributed by atoms with Gasteiger partial charge in [0.1, 0.15) is 24.7 Å². The van der Waals surface area contributed by atoms with Gasteiger partial charge in [-0.2, -0.15) is 18.3 Å². The number of nitrogens with zero attached hydrogens (tertiary/aromatic N) is 3. The molecule has 13 nitrogen and oxygen atoms in total. The lowest BCUT2D eigenvalue weighted by Crippen LogP contribution is -2.57. The molecule has 1 aliphatic heterocycles. The highest BCUT2D eigenvalue weighted by atomic mass is 19.4. The van der Waals surface area contributed by atoms with Crippen molar-refractivity contribution in [1.82, 2.24) is 25.3 Å². The fraction of sp³-hybridized carbons (Fsp3) is 0.394. The number of carboxylic acids is 1. The van der Waals surface area contributed by atoms with Gasteiger partial charge in [0.2, 0.25) is 17.7 Å². The summed E-state index contributed by atoms with van der Waals surface area (Å²) >= 11 is 0. The largest absolute Gasteiger partial charge is 0.481 e. The van der Waals surface area contributed by atoms with Crippen molar-refractivity contribution in [2.24, 2.45) is 5.92 Å². The van der Waals surface area contributed by atoms with Crippen LogP contribution >= 0.6 is 0 Å². The van der Waals surface area contributed by atoms with Gasteiger partial charge in [-0.15, -0.1) is 0 Å². The fourth-order valence-corrected chi connectivity index (χ4v) is 5.18. The van der Waals surface area contributed by atoms with Gasteiger partial charge in [0, 0.05) is 12.6 Å². The maximum atomic E-state index is 13.6. The highest BCUT2D eigenvalue weighted by molar-refractivity contribution is 5.96. The number of hydrogen-bond acceptors (Lipinski definition) is 8. The zero-order valence-electron chi connectivity index (χ0n) is 26.7. The number of benzene rings is 2. The molecule has 0 saturated carbocycles. The highest BCUT2D eigenvalue weighted by Gasteiger charge is 2.40. The Morgan fingerprint density at radius 1 is 1.00 bits per heavy atom. The smallest absolute Gasteiger partial charge is 0.435 e. The average Bonchev–Trinajstić information content (AvgIpc) is 3.73. The molecule has 3 N–H and O–H groups in total. The summed E-state index contributed by atoms with van der Waals surface area (Å²) in [7, 11) is 0. The van der Waals surface area contributed by atoms with Gasteiger partial charge in [-0.1, -0.05) is 62.4 Å². The van der Waals surface area contributed by atoms with Crippen molar-refractivity contribution in [2.45, 2.75) is 64.0 Å². The summed E-state index contributed by atoms with van der Waals surface area (Å²) in [6.07, 6.45) is -5.90. The molecule has 3 aromatic rings. The van der Waals surface area contributed by atoms with Gasteiger partial charge in [-0.3, -0.25) is 19.2 Å². The van der Waals surface area contributed by atoms with E-state index in [2.05, 4.69) is 15.7 Å². The minimum atomic E-state index is -4.82. The normalized spacial score (nSPS) is 15.7. The molecular formula is C33H36F3N5O8. The molecule has 1 aliphatic rings. The first-order valence-electron chi connectivity index (χ1n) is 15.4. The lowest BCUT2D eigenvalue weighted by atomic mass is 10.0. The summed E-state index contributed by atoms with van der Waals surface area (Å²) in [4.78, 5) is 65.6. The monoisotopic (exact) mass is 687 g/mol. The minimum Gasteiger partial charge on any atom is -0.481 e. The maximum absolute atomic E-state index is 13.6. The van der Waals surface area contributed by atoms with E-state index in [0.29, 0.717) is 12.5 Å². The van der Waals surface area contributed by atoms with Crippen LogP contribution in [0.4, 0.5) is 18.0 Å². The number of para-hydroxylation sites is 1. The number of alkyl halides is 3. The number of Topliss-reactive ketones (excluding diaryl/α,β-unsaturated/α-hetero) is 1. The Labute approximate surface area is 279 Å². The minimum absolute atomic E-state index is 0.0266. The molecule has 0 spiro atoms. The SMILES string of the molecule is CC(C)[C@H](NC(=O)OCc1ccccc1)C(=O)N1CCC[C@H]1C(=O)N[C@@H](CC(=O)O)C(=O)COc1cc(C(F)(F)F)nn1-c1ccccc1. The number of aliphatic carboxylic acids is 1. The summed E-state index contributed by atoms with van der Waals surface area (Å²) in [5.41, 5.74) is -0.329. The fourth-order valence-electron chi connectivity index (χ4n) is 5.18. The van der Waals surface area contributed by atoms with Crippen molar-refractivity contribution in [3.63, 3.8) is 0 Å². The molecule has 262 valence electrons. The van der Waals surface area contributed by atoms with Gasteiger partial charge in [0.25, 0.3) is 0 Å². The molecule has 1 fully saturated rings. The first kappa shape index (κ1) is 36.4. The lowest BCUT2D eigenvalue weighted by molar-refractivity contribution is -0.143. The van der Waals surface area contributed by atoms with E-state index in [9.17, 15) is 42.3 Å². The third-order valence-electron chi connectivity index (χ3n) is 7.67. The summed E-state index contributed by atoms with van der Waals surface area (Å²) in [6, 6.07) is 13.4. The molecule has 2 aromatic carbocycles. The van der Waals surface area contributed by atoms with Crippen LogP contribution in [0.15, 0.2) is 66.7 Å². The van der Waals surface area contributed by atoms with Crippen LogP contribution in [0.3, 0.4) is 0 Å². The molecule has 1 aromatic heterocycles. The highest BCUT2D eigenvalue weighted by Crippen LogP contribution is 2.32. The van der Waals surface area contributed by atoms with E-state index in [1.54, 1.807) is 56.3 Å². The second-order valence-corrected chi connectivity index (χ2v) is 11.6. The number of carboxylic acid groups (broad SMARTS) is 1. The third-order valence-corrected chi connectivity index (χ3v) is 7.67. The van der Waals surface area contributed by atoms with E-state index in [0.717, 1.165) is 10.2 Å². The predicted molar refractivity (Wildman–Crippen MR) is 166 cm³/mol. The molecule has 1 saturated heterocycles. The first-order chi connectivity index (χ1) is 23.2. The average molecular weight is 688 g/mol. The van der Waals surface area contributed by atoms with E-state index in [4.69, 9.17) is 9.47 Å². The van der Waals surface area contributed by atoms with Gasteiger partial charge in [0.05, 0.1) is 12.1 Å². The van der Waals surface area contributed by atoms with Crippen molar-refractivity contribution in [3.05, 3.63) is 78.0 Å². The van der Waals surface area contributed by atoms with Gasteiger partial charge in [-0.05, 0) is 36.5 Å². The van der Waals surface area contributed by atoms with Gasteiger partial charge in [-0.25, -0.2) is 9.48 Å². The number of likely N-dealkylation sites (tertiary alicyclic amines) is 1. The standard InChI is InChI=1S/C33H36F3N5O8/c1-20(2)29(38-32(47)49-18-21-10-5-3-6-11-21)31(46)40-15-9-14-24(40)30(45)37-23(16-28(43)44)25(42)19-48-27-17-26(33(34,35)36)39-41(27)22-12-7-4-8-13-22/h3-8,10-13,17,20,23-24,29H,9,14-16,18-19H2,1-2H3,(H,37,45)(H,38,47)(H,43,44)/t23-,24-,29-/m0/s1. The maximum Gasteiger partial charge on any atom is 0.435 e. The number of amides is 3. The molecule has 0 unspecified atom stereocenters. The van der Waals surface area contributed by atoms with Crippen molar-refractivity contribution < 1.29 is 51.7 Å². The number of carbonyl (C=O) groups excluding carboxylic acids is 4. The summed E-state index contributed by atoms with van der Waals surface area (Å²) in [6.45, 7) is 2.64. The molecule has 49 heavy (non-hydrogen) atoms. The topological polar surface area (TPSA) is 169 Å². The molecule has 0 bridgehead atoms. The number of rotatable bonds is 14. The Morgan fingerprint density at radius 3 is 2.27 bits per heavy atom. The van der Waals surface area contributed by atoms with Crippen LogP contribution < -0.4 is 15.4 Å². The van der Waals surface area contributed by atoms with Gasteiger partial charge in [0.15, 0.2) is 18.1 Å². The van der Waals surface area contributed by atoms with Crippen molar-refractivity contribution in [3.8, 4) is 11.6 Å². The number of carbonyl (C=O) groups is 5. The number of nitrogens with one attached hydrogen (secondary N) is 2. The van der Waals surface area contributed by atoms with E-state index in [-0.39, 0.29) is 25.3 Å². The molecule has 0 aliphatic carbocycles. The van der Waals surface area contributed by atoms with Gasteiger partial charge >= 0.3 is 18.2 Å². The van der Waals surface area contributed by atoms with Crippen molar-refractivity contribution in [2.75, 3.05) is 13.2 Å². The Hall–Kier alpha value is -5.41. The number of aromatic nitrogens is 2. The Balaban J connectivity index is 1.43. The third kappa shape index (κ3) is 9.81. The lowest BCUT2D eigenvalue weighted by Gasteiger charge is -2.31. The van der Waals surface area contributed by atoms with Crippen LogP contribution in [0.25, 0.3) is 5.69 Å². The summed E-state index contributed by atoms with van der Waals surface area (Å²) in [5.74, 6) is -4.60. The van der Waals surface area contributed by atoms with E-state index in [1.807, 2.05) is 6.07 Å². The number of hydrogen-bond donors (Lipinski definition) is 3. The molecule has 4 rings (SSSR count). The molecule has 3 amide bonds. The summed E-state index contributed by atoms with van der Waals surface area (Å²) in [5, 5.41) is 17.9. The Bertz CT molecular complexity index is 1630.